The summed E-state index contributed by atoms with van der Waals surface area (Å²) < 4.78 is 34.1. The molecule has 0 saturated carbocycles. The van der Waals surface area contributed by atoms with Crippen LogP contribution in [0.2, 0.25) is 0 Å². The van der Waals surface area contributed by atoms with E-state index in [1.54, 1.807) is 0 Å². The van der Waals surface area contributed by atoms with Gasteiger partial charge in [0.15, 0.2) is 12.6 Å². The van der Waals surface area contributed by atoms with Gasteiger partial charge in [-0.25, -0.2) is 0 Å². The second-order valence-corrected chi connectivity index (χ2v) is 16.6. The van der Waals surface area contributed by atoms with Gasteiger partial charge in [-0.2, -0.15) is 0 Å². The average Bonchev–Trinajstić information content (AvgIpc) is 3.25. The summed E-state index contributed by atoms with van der Waals surface area (Å²) in [5, 5.41) is 71.9. The number of esters is 1. The van der Waals surface area contributed by atoms with Gasteiger partial charge in [0.25, 0.3) is 0 Å². The largest absolute Gasteiger partial charge is 0.457 e. The third-order valence-corrected chi connectivity index (χ3v) is 11.1. The molecule has 61 heavy (non-hydrogen) atoms. The molecule has 2 aliphatic rings. The third kappa shape index (κ3) is 24.2. The zero-order valence-corrected chi connectivity index (χ0v) is 37.4. The lowest BCUT2D eigenvalue weighted by molar-refractivity contribution is -0.332. The molecule has 14 nitrogen and oxygen atoms in total. The Labute approximate surface area is 366 Å². The molecule has 0 aliphatic carbocycles. The fraction of sp³-hybridized carbons (Fsp3) is 0.851. The Morgan fingerprint density at radius 1 is 0.541 bits per heavy atom. The van der Waals surface area contributed by atoms with Gasteiger partial charge in [-0.15, -0.1) is 0 Å². The summed E-state index contributed by atoms with van der Waals surface area (Å²) in [6.07, 6.45) is 20.6. The van der Waals surface area contributed by atoms with E-state index in [2.05, 4.69) is 50.3 Å². The summed E-state index contributed by atoms with van der Waals surface area (Å²) in [6, 6.07) is 0. The maximum atomic E-state index is 12.9. The number of rotatable bonds is 36. The molecule has 11 unspecified atom stereocenters. The van der Waals surface area contributed by atoms with Gasteiger partial charge in [-0.1, -0.05) is 121 Å². The van der Waals surface area contributed by atoms with E-state index >= 15 is 0 Å². The van der Waals surface area contributed by atoms with E-state index in [0.29, 0.717) is 13.0 Å². The highest BCUT2D eigenvalue weighted by molar-refractivity contribution is 5.69. The molecule has 0 bridgehead atoms. The highest BCUT2D eigenvalue weighted by Crippen LogP contribution is 2.26. The van der Waals surface area contributed by atoms with E-state index in [-0.39, 0.29) is 19.6 Å². The normalized spacial score (nSPS) is 27.8. The third-order valence-electron chi connectivity index (χ3n) is 11.1. The molecular weight excluding hydrogens is 789 g/mol. The van der Waals surface area contributed by atoms with Crippen molar-refractivity contribution in [3.05, 3.63) is 36.5 Å². The van der Waals surface area contributed by atoms with Gasteiger partial charge in [0, 0.05) is 13.0 Å². The number of unbranched alkanes of at least 4 members (excludes halogenated alkanes) is 16. The van der Waals surface area contributed by atoms with Crippen molar-refractivity contribution < 1.29 is 69.0 Å². The molecule has 2 aliphatic heterocycles. The Balaban J connectivity index is 1.82. The van der Waals surface area contributed by atoms with Crippen LogP contribution in [0.15, 0.2) is 36.5 Å². The minimum Gasteiger partial charge on any atom is -0.457 e. The highest BCUT2D eigenvalue weighted by atomic mass is 16.7. The number of hydrogen-bond acceptors (Lipinski definition) is 14. The Morgan fingerprint density at radius 2 is 1.03 bits per heavy atom. The molecule has 14 heteroatoms. The second-order valence-electron chi connectivity index (χ2n) is 16.6. The van der Waals surface area contributed by atoms with Crippen LogP contribution in [0, 0.1) is 0 Å². The molecule has 0 amide bonds. The Morgan fingerprint density at radius 3 is 1.64 bits per heavy atom. The Kier molecular flexibility index (Phi) is 32.2. The van der Waals surface area contributed by atoms with Crippen LogP contribution in [0.5, 0.6) is 0 Å². The first-order valence-electron chi connectivity index (χ1n) is 23.6. The zero-order valence-electron chi connectivity index (χ0n) is 37.4. The maximum Gasteiger partial charge on any atom is 0.306 e. The minimum atomic E-state index is -1.71. The van der Waals surface area contributed by atoms with Gasteiger partial charge in [0.1, 0.15) is 54.9 Å². The predicted octanol–water partition coefficient (Wildman–Crippen LogP) is 5.85. The number of allylic oxidation sites excluding steroid dienone is 6. The summed E-state index contributed by atoms with van der Waals surface area (Å²) in [5.41, 5.74) is 0. The standard InChI is InChI=1S/C47H84O14/c1-3-5-7-9-11-13-15-17-18-19-20-22-24-26-28-30-39(49)59-36(33-56-31-29-27-25-23-21-16-14-12-10-8-6-4-2)34-57-46-45(55)43(53)41(51)38(61-46)35-58-47-44(54)42(52)40(50)37(32-48)60-47/h10-13,17-18,36-38,40-48,50-55H,3-9,14-16,19-35H2,1-2H3/b12-10-,13-11-,18-17-. The lowest BCUT2D eigenvalue weighted by Crippen LogP contribution is -2.61. The number of aliphatic hydroxyl groups is 7. The Hall–Kier alpha value is -1.79. The molecule has 0 radical (unpaired) electrons. The van der Waals surface area contributed by atoms with Crippen LogP contribution in [0.3, 0.4) is 0 Å². The zero-order chi connectivity index (χ0) is 44.5. The topological polar surface area (TPSA) is 214 Å². The highest BCUT2D eigenvalue weighted by Gasteiger charge is 2.47. The summed E-state index contributed by atoms with van der Waals surface area (Å²) in [5.74, 6) is -0.394. The lowest BCUT2D eigenvalue weighted by atomic mass is 9.98. The molecule has 2 rings (SSSR count). The van der Waals surface area contributed by atoms with E-state index in [1.807, 2.05) is 0 Å². The number of ether oxygens (including phenoxy) is 6. The summed E-state index contributed by atoms with van der Waals surface area (Å²) in [7, 11) is 0. The summed E-state index contributed by atoms with van der Waals surface area (Å²) in [4.78, 5) is 12.9. The second kappa shape index (κ2) is 35.5. The van der Waals surface area contributed by atoms with Gasteiger partial charge in [0.2, 0.25) is 0 Å². The lowest BCUT2D eigenvalue weighted by Gasteiger charge is -2.42. The van der Waals surface area contributed by atoms with E-state index < -0.39 is 86.7 Å². The van der Waals surface area contributed by atoms with Crippen molar-refractivity contribution >= 4 is 5.97 Å². The molecule has 356 valence electrons. The molecule has 2 fully saturated rings. The minimum absolute atomic E-state index is 0.0515. The fourth-order valence-corrected chi connectivity index (χ4v) is 7.18. The molecule has 7 N–H and O–H groups in total. The molecule has 0 spiro atoms. The molecule has 0 aromatic rings. The SMILES string of the molecule is CCCC/C=C\CCCCCCCCOCC(COC1OC(COC2OC(CO)C(O)C(O)C2O)C(O)C(O)C1O)OC(=O)CCCCCCC/C=C\C/C=C\CCCCC. The van der Waals surface area contributed by atoms with Crippen molar-refractivity contribution in [3.63, 3.8) is 0 Å². The van der Waals surface area contributed by atoms with Crippen LogP contribution in [0.25, 0.3) is 0 Å². The van der Waals surface area contributed by atoms with E-state index in [1.165, 1.54) is 51.4 Å². The van der Waals surface area contributed by atoms with Crippen LogP contribution in [0.4, 0.5) is 0 Å². The molecule has 0 aromatic carbocycles. The molecule has 2 heterocycles. The predicted molar refractivity (Wildman–Crippen MR) is 233 cm³/mol. The van der Waals surface area contributed by atoms with Crippen molar-refractivity contribution in [2.24, 2.45) is 0 Å². The number of carbonyl (C=O) groups excluding carboxylic acids is 1. The smallest absolute Gasteiger partial charge is 0.306 e. The van der Waals surface area contributed by atoms with Gasteiger partial charge in [0.05, 0.1) is 26.4 Å². The molecular formula is C47H84O14. The van der Waals surface area contributed by atoms with Crippen LogP contribution in [0.1, 0.15) is 155 Å². The van der Waals surface area contributed by atoms with Crippen molar-refractivity contribution in [1.29, 1.82) is 0 Å². The van der Waals surface area contributed by atoms with Gasteiger partial charge >= 0.3 is 5.97 Å². The number of carbonyl (C=O) groups is 1. The van der Waals surface area contributed by atoms with Crippen molar-refractivity contribution in [1.82, 2.24) is 0 Å². The maximum absolute atomic E-state index is 12.9. The summed E-state index contributed by atoms with van der Waals surface area (Å²) in [6.45, 7) is 3.57. The monoisotopic (exact) mass is 873 g/mol. The molecule has 2 saturated heterocycles. The van der Waals surface area contributed by atoms with Crippen LogP contribution in [-0.4, -0.2) is 142 Å². The van der Waals surface area contributed by atoms with E-state index in [0.717, 1.165) is 77.0 Å². The number of aliphatic hydroxyl groups excluding tert-OH is 7. The van der Waals surface area contributed by atoms with Gasteiger partial charge < -0.3 is 64.2 Å². The summed E-state index contributed by atoms with van der Waals surface area (Å²) >= 11 is 0. The van der Waals surface area contributed by atoms with Crippen LogP contribution < -0.4 is 0 Å². The number of hydrogen-bond donors (Lipinski definition) is 7. The fourth-order valence-electron chi connectivity index (χ4n) is 7.18. The van der Waals surface area contributed by atoms with Crippen molar-refractivity contribution in [3.8, 4) is 0 Å². The average molecular weight is 873 g/mol. The molecule has 11 atom stereocenters. The first kappa shape index (κ1) is 55.3. The van der Waals surface area contributed by atoms with E-state index in [9.17, 15) is 40.5 Å². The molecule has 0 aromatic heterocycles. The first-order chi connectivity index (χ1) is 29.6. The van der Waals surface area contributed by atoms with Crippen molar-refractivity contribution in [2.45, 2.75) is 223 Å². The van der Waals surface area contributed by atoms with Gasteiger partial charge in [-0.3, -0.25) is 4.79 Å². The van der Waals surface area contributed by atoms with Gasteiger partial charge in [-0.05, 0) is 64.2 Å². The van der Waals surface area contributed by atoms with Crippen LogP contribution >= 0.6 is 0 Å². The quantitative estimate of drug-likeness (QED) is 0.0224. The van der Waals surface area contributed by atoms with Crippen molar-refractivity contribution in [2.75, 3.05) is 33.0 Å². The Bertz CT molecular complexity index is 1150. The van der Waals surface area contributed by atoms with Crippen LogP contribution in [-0.2, 0) is 33.2 Å². The first-order valence-corrected chi connectivity index (χ1v) is 23.6. The van der Waals surface area contributed by atoms with E-state index in [4.69, 9.17) is 28.4 Å².